The van der Waals surface area contributed by atoms with Gasteiger partial charge in [0.2, 0.25) is 0 Å². The fourth-order valence-electron chi connectivity index (χ4n) is 5.97. The molecule has 2 aliphatic heterocycles. The number of phenolic OH excluding ortho intramolecular Hbond substituents is 1. The van der Waals surface area contributed by atoms with Crippen LogP contribution in [0.4, 0.5) is 4.79 Å². The van der Waals surface area contributed by atoms with Gasteiger partial charge in [-0.25, -0.2) is 4.79 Å². The molecule has 7 nitrogen and oxygen atoms in total. The summed E-state index contributed by atoms with van der Waals surface area (Å²) in [5, 5.41) is 24.4. The third-order valence-electron chi connectivity index (χ3n) is 7.88. The summed E-state index contributed by atoms with van der Waals surface area (Å²) in [6, 6.07) is 1.20. The zero-order chi connectivity index (χ0) is 29.0. The second kappa shape index (κ2) is 12.5. The first-order valence-electron chi connectivity index (χ1n) is 14.5. The second-order valence-electron chi connectivity index (χ2n) is 12.7. The van der Waals surface area contributed by atoms with Crippen LogP contribution in [-0.4, -0.2) is 51.3 Å². The number of likely N-dealkylation sites (tertiary alicyclic amines) is 1. The molecule has 0 bridgehead atoms. The van der Waals surface area contributed by atoms with Crippen molar-refractivity contribution < 1.29 is 24.5 Å². The number of rotatable bonds is 9. The fraction of sp³-hybridized carbons (Fsp3) is 0.625. The van der Waals surface area contributed by atoms with E-state index in [1.54, 1.807) is 0 Å². The number of nitrogens with one attached hydrogen (secondary N) is 1. The summed E-state index contributed by atoms with van der Waals surface area (Å²) in [6.07, 6.45) is 11.7. The van der Waals surface area contributed by atoms with Crippen molar-refractivity contribution in [2.45, 2.75) is 118 Å². The number of allylic oxidation sites excluding steroid dienone is 2. The number of hydrogen-bond acceptors (Lipinski definition) is 4. The first-order valence-corrected chi connectivity index (χ1v) is 14.5. The van der Waals surface area contributed by atoms with Gasteiger partial charge in [0, 0.05) is 6.54 Å². The number of phenols is 1. The van der Waals surface area contributed by atoms with E-state index in [2.05, 4.69) is 32.2 Å². The molecule has 2 heterocycles. The number of amides is 2. The maximum Gasteiger partial charge on any atom is 0.407 e. The van der Waals surface area contributed by atoms with Crippen LogP contribution in [0.3, 0.4) is 0 Å². The van der Waals surface area contributed by atoms with E-state index in [4.69, 9.17) is 4.74 Å². The van der Waals surface area contributed by atoms with E-state index < -0.39 is 11.7 Å². The molecule has 2 aliphatic rings. The summed E-state index contributed by atoms with van der Waals surface area (Å²) in [4.78, 5) is 27.3. The van der Waals surface area contributed by atoms with Crippen molar-refractivity contribution in [1.82, 2.24) is 10.2 Å². The van der Waals surface area contributed by atoms with E-state index in [1.807, 2.05) is 45.9 Å². The number of piperidine rings is 1. The number of carbonyl (C=O) groups excluding carboxylic acids is 1. The molecule has 7 heteroatoms. The van der Waals surface area contributed by atoms with E-state index in [1.165, 1.54) is 10.5 Å². The molecule has 0 radical (unpaired) electrons. The Morgan fingerprint density at radius 2 is 1.97 bits per heavy atom. The van der Waals surface area contributed by atoms with Gasteiger partial charge in [-0.15, -0.1) is 0 Å². The quantitative estimate of drug-likeness (QED) is 0.225. The Morgan fingerprint density at radius 1 is 1.26 bits per heavy atom. The highest BCUT2D eigenvalue weighted by Crippen LogP contribution is 2.42. The van der Waals surface area contributed by atoms with Crippen LogP contribution in [0.2, 0.25) is 0 Å². The largest absolute Gasteiger partial charge is 0.506 e. The minimum Gasteiger partial charge on any atom is -0.506 e. The molecule has 0 aromatic heterocycles. The highest BCUT2D eigenvalue weighted by molar-refractivity contribution is 6.00. The van der Waals surface area contributed by atoms with E-state index in [0.717, 1.165) is 37.7 Å². The molecule has 0 saturated carbocycles. The van der Waals surface area contributed by atoms with Crippen molar-refractivity contribution in [2.24, 2.45) is 5.41 Å². The van der Waals surface area contributed by atoms with Gasteiger partial charge in [-0.05, 0) is 88.5 Å². The Hall–Kier alpha value is -2.96. The second-order valence-corrected chi connectivity index (χ2v) is 12.7. The van der Waals surface area contributed by atoms with Crippen LogP contribution in [0.5, 0.6) is 11.5 Å². The summed E-state index contributed by atoms with van der Waals surface area (Å²) in [5.41, 5.74) is 1.94. The maximum absolute atomic E-state index is 13.8. The minimum absolute atomic E-state index is 0.0719. The summed E-state index contributed by atoms with van der Waals surface area (Å²) >= 11 is 0. The predicted molar refractivity (Wildman–Crippen MR) is 157 cm³/mol. The molecule has 1 aromatic rings. The smallest absolute Gasteiger partial charge is 0.407 e. The maximum atomic E-state index is 13.8. The summed E-state index contributed by atoms with van der Waals surface area (Å²) in [6.45, 7) is 14.8. The number of unbranched alkanes of at least 4 members (excludes halogenated alkanes) is 2. The van der Waals surface area contributed by atoms with E-state index in [0.29, 0.717) is 37.1 Å². The Balaban J connectivity index is 1.96. The Morgan fingerprint density at radius 3 is 2.59 bits per heavy atom. The molecular weight excluding hydrogens is 492 g/mol. The Bertz CT molecular complexity index is 1110. The van der Waals surface area contributed by atoms with E-state index in [9.17, 15) is 19.8 Å². The molecule has 1 aromatic carbocycles. The monoisotopic (exact) mass is 540 g/mol. The molecule has 3 rings (SSSR count). The standard InChI is InChI=1S/C32H48N2O5/c1-8-9-10-14-22-20-25-23(16-18-32(7,39-25)17-11-13-21(2)3)27(35)26(22)29(36)33-24-15-12-19-34(30(37)38)28(24)31(4,5)6/h13,16,18,20,24,28,35H,8-12,14-15,17,19H2,1-7H3,(H,33,36)(H,37,38)/t24-,28?,32?/m0/s1. The van der Waals surface area contributed by atoms with Crippen molar-refractivity contribution in [2.75, 3.05) is 6.54 Å². The first kappa shape index (κ1) is 30.6. The molecule has 216 valence electrons. The van der Waals surface area contributed by atoms with Crippen LogP contribution in [0.15, 0.2) is 23.8 Å². The van der Waals surface area contributed by atoms with Crippen LogP contribution in [0.1, 0.15) is 115 Å². The number of aromatic hydroxyl groups is 1. The highest BCUT2D eigenvalue weighted by Gasteiger charge is 2.43. The topological polar surface area (TPSA) is 99.1 Å². The number of nitrogens with zero attached hydrogens (tertiary/aromatic N) is 1. The van der Waals surface area contributed by atoms with Crippen LogP contribution < -0.4 is 10.1 Å². The number of aryl methyl sites for hydroxylation is 1. The number of fused-ring (bicyclic) bond motifs is 1. The summed E-state index contributed by atoms with van der Waals surface area (Å²) in [7, 11) is 0. The molecule has 1 saturated heterocycles. The lowest BCUT2D eigenvalue weighted by atomic mass is 9.77. The lowest BCUT2D eigenvalue weighted by Gasteiger charge is -2.46. The normalized spacial score (nSPS) is 22.6. The molecule has 1 fully saturated rings. The first-order chi connectivity index (χ1) is 18.3. The van der Waals surface area contributed by atoms with Gasteiger partial charge in [0.1, 0.15) is 17.1 Å². The molecule has 2 amide bonds. The lowest BCUT2D eigenvalue weighted by Crippen LogP contribution is -2.61. The highest BCUT2D eigenvalue weighted by atomic mass is 16.5. The van der Waals surface area contributed by atoms with Gasteiger partial charge in [-0.3, -0.25) is 4.79 Å². The summed E-state index contributed by atoms with van der Waals surface area (Å²) in [5.74, 6) is 0.163. The zero-order valence-electron chi connectivity index (χ0n) is 24.9. The molecular formula is C32H48N2O5. The van der Waals surface area contributed by atoms with Crippen LogP contribution >= 0.6 is 0 Å². The van der Waals surface area contributed by atoms with Gasteiger partial charge < -0.3 is 25.2 Å². The van der Waals surface area contributed by atoms with E-state index in [-0.39, 0.29) is 34.7 Å². The predicted octanol–water partition coefficient (Wildman–Crippen LogP) is 7.32. The number of carbonyl (C=O) groups is 2. The van der Waals surface area contributed by atoms with Gasteiger partial charge in [0.05, 0.1) is 23.2 Å². The SMILES string of the molecule is CCCCCc1cc2c(c(O)c1C(=O)N[C@H]1CCCN(C(=O)O)C1C(C)(C)C)C=CC(C)(CCC=C(C)C)O2. The number of hydrogen-bond donors (Lipinski definition) is 3. The van der Waals surface area contributed by atoms with Crippen molar-refractivity contribution in [3.8, 4) is 11.5 Å². The van der Waals surface area contributed by atoms with E-state index >= 15 is 0 Å². The van der Waals surface area contributed by atoms with Gasteiger partial charge in [-0.2, -0.15) is 0 Å². The van der Waals surface area contributed by atoms with Crippen molar-refractivity contribution in [1.29, 1.82) is 0 Å². The van der Waals surface area contributed by atoms with Crippen molar-refractivity contribution in [3.05, 3.63) is 40.5 Å². The number of benzene rings is 1. The minimum atomic E-state index is -0.972. The van der Waals surface area contributed by atoms with Gasteiger partial charge in [-0.1, -0.05) is 52.2 Å². The number of carboxylic acid groups (broad SMARTS) is 1. The van der Waals surface area contributed by atoms with Crippen LogP contribution in [-0.2, 0) is 6.42 Å². The average molecular weight is 541 g/mol. The van der Waals surface area contributed by atoms with Gasteiger partial charge in [0.25, 0.3) is 5.91 Å². The Labute approximate surface area is 234 Å². The molecule has 0 aliphatic carbocycles. The zero-order valence-corrected chi connectivity index (χ0v) is 24.9. The van der Waals surface area contributed by atoms with Crippen molar-refractivity contribution in [3.63, 3.8) is 0 Å². The molecule has 0 spiro atoms. The molecule has 2 unspecified atom stereocenters. The van der Waals surface area contributed by atoms with Crippen LogP contribution in [0.25, 0.3) is 6.08 Å². The molecule has 3 N–H and O–H groups in total. The molecule has 3 atom stereocenters. The average Bonchev–Trinajstić information content (AvgIpc) is 2.82. The third kappa shape index (κ3) is 7.37. The third-order valence-corrected chi connectivity index (χ3v) is 7.88. The Kier molecular flexibility index (Phi) is 9.78. The van der Waals surface area contributed by atoms with Crippen molar-refractivity contribution >= 4 is 18.1 Å². The molecule has 39 heavy (non-hydrogen) atoms. The summed E-state index contributed by atoms with van der Waals surface area (Å²) < 4.78 is 6.44. The van der Waals surface area contributed by atoms with Gasteiger partial charge in [0.15, 0.2) is 0 Å². The van der Waals surface area contributed by atoms with Crippen LogP contribution in [0, 0.1) is 5.41 Å². The lowest BCUT2D eigenvalue weighted by molar-refractivity contribution is 0.0358. The number of ether oxygens (including phenoxy) is 1. The van der Waals surface area contributed by atoms with Gasteiger partial charge >= 0.3 is 6.09 Å². The fourth-order valence-corrected chi connectivity index (χ4v) is 5.97.